The Morgan fingerprint density at radius 3 is 2.35 bits per heavy atom. The summed E-state index contributed by atoms with van der Waals surface area (Å²) in [5, 5.41) is 0. The minimum atomic E-state index is -3.89. The molecule has 0 unspecified atom stereocenters. The molecule has 0 radical (unpaired) electrons. The van der Waals surface area contributed by atoms with Crippen molar-refractivity contribution >= 4 is 27.6 Å². The Balaban J connectivity index is 2.44. The highest BCUT2D eigenvalue weighted by Gasteiger charge is 2.26. The van der Waals surface area contributed by atoms with E-state index in [1.165, 1.54) is 22.5 Å². The molecule has 1 amide bonds. The predicted molar refractivity (Wildman–Crippen MR) is 97.3 cm³/mol. The number of esters is 1. The van der Waals surface area contributed by atoms with Gasteiger partial charge in [0.1, 0.15) is 0 Å². The van der Waals surface area contributed by atoms with Crippen LogP contribution in [-0.4, -0.2) is 33.4 Å². The Kier molecular flexibility index (Phi) is 5.99. The van der Waals surface area contributed by atoms with E-state index in [0.717, 1.165) is 0 Å². The molecule has 2 rings (SSSR count). The normalized spacial score (nSPS) is 11.0. The number of primary amides is 1. The molecule has 0 saturated carbocycles. The maximum atomic E-state index is 13.1. The van der Waals surface area contributed by atoms with Gasteiger partial charge in [-0.05, 0) is 43.7 Å². The third kappa shape index (κ3) is 4.20. The number of carbonyl (C=O) groups excluding carboxylic acids is 2. The lowest BCUT2D eigenvalue weighted by atomic mass is 10.1. The molecule has 8 heteroatoms. The van der Waals surface area contributed by atoms with Crippen LogP contribution in [0.5, 0.6) is 0 Å². The lowest BCUT2D eigenvalue weighted by molar-refractivity contribution is -0.121. The number of nitrogens with two attached hydrogens (primary N) is 1. The number of hydrogen-bond acceptors (Lipinski definition) is 5. The quantitative estimate of drug-likeness (QED) is 0.742. The second-order valence-electron chi connectivity index (χ2n) is 5.53. The molecule has 7 nitrogen and oxygen atoms in total. The van der Waals surface area contributed by atoms with Crippen LogP contribution in [0.2, 0.25) is 0 Å². The Labute approximate surface area is 152 Å². The van der Waals surface area contributed by atoms with Gasteiger partial charge in [-0.15, -0.1) is 0 Å². The zero-order valence-corrected chi connectivity index (χ0v) is 15.3. The molecule has 0 aliphatic carbocycles. The number of sulfonamides is 1. The van der Waals surface area contributed by atoms with Crippen molar-refractivity contribution in [2.24, 2.45) is 5.73 Å². The number of aryl methyl sites for hydroxylation is 1. The van der Waals surface area contributed by atoms with Gasteiger partial charge in [-0.3, -0.25) is 9.10 Å². The van der Waals surface area contributed by atoms with Crippen molar-refractivity contribution in [1.29, 1.82) is 0 Å². The monoisotopic (exact) mass is 376 g/mol. The first-order valence-corrected chi connectivity index (χ1v) is 9.35. The van der Waals surface area contributed by atoms with E-state index in [-0.39, 0.29) is 17.0 Å². The van der Waals surface area contributed by atoms with Gasteiger partial charge in [0.05, 0.1) is 16.1 Å². The van der Waals surface area contributed by atoms with Gasteiger partial charge >= 0.3 is 5.97 Å². The number of anilines is 1. The zero-order chi connectivity index (χ0) is 19.3. The van der Waals surface area contributed by atoms with Crippen LogP contribution >= 0.6 is 0 Å². The van der Waals surface area contributed by atoms with E-state index in [2.05, 4.69) is 0 Å². The lowest BCUT2D eigenvalue weighted by Crippen LogP contribution is -2.31. The van der Waals surface area contributed by atoms with Crippen molar-refractivity contribution < 1.29 is 22.7 Å². The van der Waals surface area contributed by atoms with Crippen molar-refractivity contribution in [3.05, 3.63) is 59.7 Å². The topological polar surface area (TPSA) is 107 Å². The Morgan fingerprint density at radius 2 is 1.77 bits per heavy atom. The van der Waals surface area contributed by atoms with Crippen LogP contribution in [0.15, 0.2) is 53.4 Å². The summed E-state index contributed by atoms with van der Waals surface area (Å²) in [6, 6.07) is 12.9. The van der Waals surface area contributed by atoms with Gasteiger partial charge in [-0.1, -0.05) is 24.3 Å². The van der Waals surface area contributed by atoms with Crippen LogP contribution < -0.4 is 10.0 Å². The molecule has 0 saturated heterocycles. The molecular formula is C18H20N2O5S. The first-order valence-electron chi connectivity index (χ1n) is 7.91. The average Bonchev–Trinajstić information content (AvgIpc) is 2.61. The number of para-hydroxylation sites is 1. The zero-order valence-electron chi connectivity index (χ0n) is 14.5. The van der Waals surface area contributed by atoms with Crippen LogP contribution in [-0.2, 0) is 19.6 Å². The average molecular weight is 376 g/mol. The molecule has 0 atom stereocenters. The number of benzene rings is 2. The fourth-order valence-electron chi connectivity index (χ4n) is 2.43. The second kappa shape index (κ2) is 8.01. The van der Waals surface area contributed by atoms with Gasteiger partial charge < -0.3 is 10.5 Å². The van der Waals surface area contributed by atoms with E-state index >= 15 is 0 Å². The summed E-state index contributed by atoms with van der Waals surface area (Å²) in [5.41, 5.74) is 5.99. The first-order chi connectivity index (χ1) is 12.3. The summed E-state index contributed by atoms with van der Waals surface area (Å²) in [4.78, 5) is 22.8. The smallest absolute Gasteiger partial charge is 0.338 e. The third-order valence-corrected chi connectivity index (χ3v) is 5.71. The molecular weight excluding hydrogens is 356 g/mol. The molecule has 0 aliphatic rings. The van der Waals surface area contributed by atoms with E-state index < -0.39 is 28.5 Å². The molecule has 26 heavy (non-hydrogen) atoms. The Hall–Kier alpha value is -2.87. The Bertz CT molecular complexity index is 910. The van der Waals surface area contributed by atoms with E-state index in [0.29, 0.717) is 11.3 Å². The van der Waals surface area contributed by atoms with E-state index in [9.17, 15) is 18.0 Å². The molecule has 138 valence electrons. The summed E-state index contributed by atoms with van der Waals surface area (Å²) in [7, 11) is -3.89. The lowest BCUT2D eigenvalue weighted by Gasteiger charge is -2.24. The summed E-state index contributed by atoms with van der Waals surface area (Å²) >= 11 is 0. The fourth-order valence-corrected chi connectivity index (χ4v) is 4.16. The van der Waals surface area contributed by atoms with E-state index in [4.69, 9.17) is 10.5 Å². The number of nitrogens with zero attached hydrogens (tertiary/aromatic N) is 1. The first kappa shape index (κ1) is 19.5. The Morgan fingerprint density at radius 1 is 1.12 bits per heavy atom. The highest BCUT2D eigenvalue weighted by atomic mass is 32.2. The van der Waals surface area contributed by atoms with E-state index in [1.54, 1.807) is 44.2 Å². The molecule has 2 aromatic rings. The molecule has 0 heterocycles. The molecule has 0 aromatic heterocycles. The SMILES string of the molecule is CCN(c1ccccc1)S(=O)(=O)c1cc(C(=O)OCC(N)=O)ccc1C. The number of ether oxygens (including phenoxy) is 1. The van der Waals surface area contributed by atoms with Crippen molar-refractivity contribution in [3.8, 4) is 0 Å². The second-order valence-corrected chi connectivity index (χ2v) is 7.36. The van der Waals surface area contributed by atoms with Crippen LogP contribution in [0.4, 0.5) is 5.69 Å². The fraction of sp³-hybridized carbons (Fsp3) is 0.222. The maximum Gasteiger partial charge on any atom is 0.338 e. The van der Waals surface area contributed by atoms with E-state index in [1.807, 2.05) is 0 Å². The molecule has 0 fully saturated rings. The largest absolute Gasteiger partial charge is 0.452 e. The third-order valence-electron chi connectivity index (χ3n) is 3.67. The van der Waals surface area contributed by atoms with Gasteiger partial charge in [0.25, 0.3) is 15.9 Å². The highest BCUT2D eigenvalue weighted by Crippen LogP contribution is 2.26. The highest BCUT2D eigenvalue weighted by molar-refractivity contribution is 7.92. The van der Waals surface area contributed by atoms with Crippen molar-refractivity contribution in [2.45, 2.75) is 18.7 Å². The number of carbonyl (C=O) groups is 2. The molecule has 0 aliphatic heterocycles. The van der Waals surface area contributed by atoms with Crippen molar-refractivity contribution in [3.63, 3.8) is 0 Å². The van der Waals surface area contributed by atoms with Crippen LogP contribution in [0, 0.1) is 6.92 Å². The van der Waals surface area contributed by atoms with Crippen LogP contribution in [0.25, 0.3) is 0 Å². The molecule has 2 aromatic carbocycles. The van der Waals surface area contributed by atoms with Crippen molar-refractivity contribution in [2.75, 3.05) is 17.5 Å². The standard InChI is InChI=1S/C18H20N2O5S/c1-3-20(15-7-5-4-6-8-15)26(23,24)16-11-14(10-9-13(16)2)18(22)25-12-17(19)21/h4-11H,3,12H2,1-2H3,(H2,19,21). The predicted octanol–water partition coefficient (Wildman–Crippen LogP) is 1.85. The van der Waals surface area contributed by atoms with Gasteiger partial charge in [-0.25, -0.2) is 13.2 Å². The summed E-state index contributed by atoms with van der Waals surface area (Å²) < 4.78 is 32.3. The maximum absolute atomic E-state index is 13.1. The summed E-state index contributed by atoms with van der Waals surface area (Å²) in [6.07, 6.45) is 0. The van der Waals surface area contributed by atoms with Crippen molar-refractivity contribution in [1.82, 2.24) is 0 Å². The van der Waals surface area contributed by atoms with Crippen LogP contribution in [0.1, 0.15) is 22.8 Å². The van der Waals surface area contributed by atoms with Gasteiger partial charge in [0, 0.05) is 6.54 Å². The number of hydrogen-bond donors (Lipinski definition) is 1. The van der Waals surface area contributed by atoms with Gasteiger partial charge in [0.15, 0.2) is 6.61 Å². The molecule has 0 bridgehead atoms. The minimum Gasteiger partial charge on any atom is -0.452 e. The number of amides is 1. The van der Waals surface area contributed by atoms with Crippen LogP contribution in [0.3, 0.4) is 0 Å². The van der Waals surface area contributed by atoms with Gasteiger partial charge in [0.2, 0.25) is 0 Å². The van der Waals surface area contributed by atoms with Gasteiger partial charge in [-0.2, -0.15) is 0 Å². The summed E-state index contributed by atoms with van der Waals surface area (Å²) in [6.45, 7) is 3.02. The number of rotatable bonds is 7. The molecule has 0 spiro atoms. The minimum absolute atomic E-state index is 0.00303. The molecule has 2 N–H and O–H groups in total. The summed E-state index contributed by atoms with van der Waals surface area (Å²) in [5.74, 6) is -1.61.